The normalized spacial score (nSPS) is 27.1. The number of nitrogens with one attached hydrogen (secondary N) is 1. The summed E-state index contributed by atoms with van der Waals surface area (Å²) in [4.78, 5) is 26.5. The van der Waals surface area contributed by atoms with Crippen molar-refractivity contribution in [3.8, 4) is 0 Å². The maximum atomic E-state index is 11.8. The molecule has 0 radical (unpaired) electrons. The zero-order valence-corrected chi connectivity index (χ0v) is 8.54. The Bertz CT molecular complexity index is 282. The van der Waals surface area contributed by atoms with E-state index in [4.69, 9.17) is 0 Å². The van der Waals surface area contributed by atoms with Crippen LogP contribution in [0.25, 0.3) is 0 Å². The van der Waals surface area contributed by atoms with Crippen molar-refractivity contribution in [1.29, 1.82) is 0 Å². The number of hydrogen-bond acceptors (Lipinski definition) is 3. The van der Waals surface area contributed by atoms with E-state index in [1.807, 2.05) is 7.05 Å². The molecule has 0 saturated carbocycles. The first-order chi connectivity index (χ1) is 6.55. The van der Waals surface area contributed by atoms with Gasteiger partial charge < -0.3 is 10.2 Å². The molecule has 2 heterocycles. The number of likely N-dealkylation sites (tertiary alicyclic amines) is 1. The molecular formula is C9H15N3O2. The van der Waals surface area contributed by atoms with E-state index < -0.39 is 5.54 Å². The number of carbonyl (C=O) groups excluding carboxylic acids is 2. The quantitative estimate of drug-likeness (QED) is 0.539. The molecule has 1 N–H and O–H groups in total. The third-order valence-electron chi connectivity index (χ3n) is 3.21. The average molecular weight is 197 g/mol. The number of hydrogen-bond donors (Lipinski definition) is 1. The first-order valence-corrected chi connectivity index (χ1v) is 4.84. The molecule has 0 unspecified atom stereocenters. The summed E-state index contributed by atoms with van der Waals surface area (Å²) in [5.74, 6) is -0.0735. The molecular weight excluding hydrogens is 182 g/mol. The predicted octanol–water partition coefficient (Wildman–Crippen LogP) is -0.368. The van der Waals surface area contributed by atoms with Crippen LogP contribution < -0.4 is 5.32 Å². The second kappa shape index (κ2) is 2.95. The van der Waals surface area contributed by atoms with Crippen molar-refractivity contribution in [3.05, 3.63) is 0 Å². The number of likely N-dealkylation sites (N-methyl/N-ethyl adjacent to an activating group) is 1. The number of piperidine rings is 1. The Balaban J connectivity index is 2.18. The fraction of sp³-hybridized carbons (Fsp3) is 0.778. The van der Waals surface area contributed by atoms with Gasteiger partial charge in [-0.05, 0) is 19.9 Å². The van der Waals surface area contributed by atoms with E-state index in [2.05, 4.69) is 10.2 Å². The smallest absolute Gasteiger partial charge is 0.323 e. The van der Waals surface area contributed by atoms with Crippen molar-refractivity contribution in [2.45, 2.75) is 18.4 Å². The van der Waals surface area contributed by atoms with Crippen LogP contribution in [0.1, 0.15) is 12.8 Å². The second-order valence-electron chi connectivity index (χ2n) is 4.18. The number of nitrogens with zero attached hydrogens (tertiary/aromatic N) is 2. The molecule has 0 aromatic carbocycles. The molecule has 5 heteroatoms. The van der Waals surface area contributed by atoms with Crippen LogP contribution in [0, 0.1) is 0 Å². The van der Waals surface area contributed by atoms with E-state index in [1.165, 1.54) is 11.9 Å². The molecule has 0 atom stereocenters. The average Bonchev–Trinajstić information content (AvgIpc) is 2.37. The molecule has 2 rings (SSSR count). The summed E-state index contributed by atoms with van der Waals surface area (Å²) >= 11 is 0. The second-order valence-corrected chi connectivity index (χ2v) is 4.18. The van der Waals surface area contributed by atoms with Gasteiger partial charge in [0, 0.05) is 20.1 Å². The Morgan fingerprint density at radius 3 is 2.21 bits per heavy atom. The minimum absolute atomic E-state index is 0.0735. The van der Waals surface area contributed by atoms with E-state index >= 15 is 0 Å². The van der Waals surface area contributed by atoms with Crippen molar-refractivity contribution < 1.29 is 9.59 Å². The zero-order valence-electron chi connectivity index (χ0n) is 8.54. The van der Waals surface area contributed by atoms with Gasteiger partial charge >= 0.3 is 6.03 Å². The monoisotopic (exact) mass is 197 g/mol. The summed E-state index contributed by atoms with van der Waals surface area (Å²) in [5, 5.41) is 2.80. The zero-order chi connectivity index (χ0) is 10.3. The fourth-order valence-corrected chi connectivity index (χ4v) is 2.09. The Morgan fingerprint density at radius 2 is 1.79 bits per heavy atom. The Kier molecular flexibility index (Phi) is 1.99. The summed E-state index contributed by atoms with van der Waals surface area (Å²) < 4.78 is 0. The molecule has 0 bridgehead atoms. The summed E-state index contributed by atoms with van der Waals surface area (Å²) in [5.41, 5.74) is -0.599. The summed E-state index contributed by atoms with van der Waals surface area (Å²) in [7, 11) is 3.56. The molecule has 14 heavy (non-hydrogen) atoms. The van der Waals surface area contributed by atoms with Crippen LogP contribution >= 0.6 is 0 Å². The van der Waals surface area contributed by atoms with Crippen LogP contribution in [0.15, 0.2) is 0 Å². The van der Waals surface area contributed by atoms with E-state index in [9.17, 15) is 9.59 Å². The van der Waals surface area contributed by atoms with E-state index in [1.54, 1.807) is 0 Å². The third kappa shape index (κ3) is 1.19. The molecule has 3 amide bonds. The van der Waals surface area contributed by atoms with Gasteiger partial charge in [-0.15, -0.1) is 0 Å². The molecule has 0 aromatic heterocycles. The van der Waals surface area contributed by atoms with E-state index in [0.29, 0.717) is 0 Å². The van der Waals surface area contributed by atoms with Crippen molar-refractivity contribution in [2.75, 3.05) is 27.2 Å². The lowest BCUT2D eigenvalue weighted by molar-refractivity contribution is -0.131. The third-order valence-corrected chi connectivity index (χ3v) is 3.21. The highest BCUT2D eigenvalue weighted by molar-refractivity contribution is 6.06. The van der Waals surface area contributed by atoms with Gasteiger partial charge in [0.25, 0.3) is 5.91 Å². The van der Waals surface area contributed by atoms with Crippen LogP contribution in [0.5, 0.6) is 0 Å². The van der Waals surface area contributed by atoms with Crippen LogP contribution in [0.2, 0.25) is 0 Å². The highest BCUT2D eigenvalue weighted by Gasteiger charge is 2.50. The minimum Gasteiger partial charge on any atom is -0.323 e. The topological polar surface area (TPSA) is 52.7 Å². The SMILES string of the molecule is CN1CCC2(CC1)NC(=O)N(C)C2=O. The molecule has 2 aliphatic heterocycles. The van der Waals surface area contributed by atoms with Gasteiger partial charge in [0.05, 0.1) is 0 Å². The maximum Gasteiger partial charge on any atom is 0.324 e. The standard InChI is InChI=1S/C9H15N3O2/c1-11-5-3-9(4-6-11)7(13)12(2)8(14)10-9/h3-6H2,1-2H3,(H,10,14). The molecule has 2 aliphatic rings. The molecule has 0 aliphatic carbocycles. The maximum absolute atomic E-state index is 11.8. The lowest BCUT2D eigenvalue weighted by Crippen LogP contribution is -2.54. The fourth-order valence-electron chi connectivity index (χ4n) is 2.09. The Labute approximate surface area is 83.0 Å². The van der Waals surface area contributed by atoms with Gasteiger partial charge in [0.1, 0.15) is 5.54 Å². The lowest BCUT2D eigenvalue weighted by atomic mass is 9.88. The highest BCUT2D eigenvalue weighted by atomic mass is 16.2. The van der Waals surface area contributed by atoms with E-state index in [0.717, 1.165) is 25.9 Å². The lowest BCUT2D eigenvalue weighted by Gasteiger charge is -2.35. The molecule has 5 nitrogen and oxygen atoms in total. The summed E-state index contributed by atoms with van der Waals surface area (Å²) in [6, 6.07) is -0.264. The minimum atomic E-state index is -0.599. The summed E-state index contributed by atoms with van der Waals surface area (Å²) in [6.07, 6.45) is 1.44. The molecule has 2 saturated heterocycles. The Hall–Kier alpha value is -1.10. The molecule has 2 fully saturated rings. The van der Waals surface area contributed by atoms with Gasteiger partial charge in [0.15, 0.2) is 0 Å². The van der Waals surface area contributed by atoms with Crippen LogP contribution in [0.4, 0.5) is 4.79 Å². The van der Waals surface area contributed by atoms with E-state index in [-0.39, 0.29) is 11.9 Å². The van der Waals surface area contributed by atoms with Gasteiger partial charge in [0.2, 0.25) is 0 Å². The van der Waals surface area contributed by atoms with Gasteiger partial charge in [-0.25, -0.2) is 4.79 Å². The van der Waals surface area contributed by atoms with Crippen molar-refractivity contribution in [1.82, 2.24) is 15.1 Å². The Morgan fingerprint density at radius 1 is 1.21 bits per heavy atom. The molecule has 0 aromatic rings. The number of imide groups is 1. The van der Waals surface area contributed by atoms with Crippen molar-refractivity contribution in [2.24, 2.45) is 0 Å². The molecule has 1 spiro atoms. The number of amides is 3. The first kappa shape index (κ1) is 9.45. The number of urea groups is 1. The van der Waals surface area contributed by atoms with Crippen molar-refractivity contribution >= 4 is 11.9 Å². The largest absolute Gasteiger partial charge is 0.324 e. The van der Waals surface area contributed by atoms with Crippen LogP contribution in [0.3, 0.4) is 0 Å². The number of rotatable bonds is 0. The highest BCUT2D eigenvalue weighted by Crippen LogP contribution is 2.27. The predicted molar refractivity (Wildman–Crippen MR) is 50.8 cm³/mol. The van der Waals surface area contributed by atoms with Gasteiger partial charge in [-0.1, -0.05) is 0 Å². The van der Waals surface area contributed by atoms with Gasteiger partial charge in [-0.2, -0.15) is 0 Å². The number of carbonyl (C=O) groups is 2. The van der Waals surface area contributed by atoms with Gasteiger partial charge in [-0.3, -0.25) is 9.69 Å². The van der Waals surface area contributed by atoms with Crippen molar-refractivity contribution in [3.63, 3.8) is 0 Å². The van der Waals surface area contributed by atoms with Crippen LogP contribution in [-0.4, -0.2) is 54.5 Å². The molecule has 78 valence electrons. The first-order valence-electron chi connectivity index (χ1n) is 4.84. The van der Waals surface area contributed by atoms with Crippen LogP contribution in [-0.2, 0) is 4.79 Å². The summed E-state index contributed by atoms with van der Waals surface area (Å²) in [6.45, 7) is 1.72.